The van der Waals surface area contributed by atoms with Gasteiger partial charge >= 0.3 is 0 Å². The monoisotopic (exact) mass is 659 g/mol. The SMILES string of the molecule is CCN1CCN(c2nc(NC3COC3)cc(C(=O)CC[C@H](O)CN3CCc4c(ccc(OCc5cnco5)c4Cl)C3)n2)CC1.S. The van der Waals surface area contributed by atoms with Crippen LogP contribution in [0.15, 0.2) is 35.2 Å². The molecule has 0 amide bonds. The summed E-state index contributed by atoms with van der Waals surface area (Å²) in [7, 11) is 0. The summed E-state index contributed by atoms with van der Waals surface area (Å²) >= 11 is 6.68. The fourth-order valence-corrected chi connectivity index (χ4v) is 6.11. The smallest absolute Gasteiger partial charge is 0.228 e. The molecule has 0 saturated carbocycles. The third-order valence-corrected chi connectivity index (χ3v) is 8.91. The van der Waals surface area contributed by atoms with Crippen LogP contribution in [0.2, 0.25) is 5.02 Å². The normalized spacial score (nSPS) is 18.1. The number of aromatic nitrogens is 3. The number of hydrogen-bond donors (Lipinski definition) is 2. The van der Waals surface area contributed by atoms with Crippen molar-refractivity contribution in [2.75, 3.05) is 69.2 Å². The Morgan fingerprint density at radius 2 is 2.00 bits per heavy atom. The summed E-state index contributed by atoms with van der Waals surface area (Å²) in [4.78, 5) is 33.4. The lowest BCUT2D eigenvalue weighted by atomic mass is 9.98. The van der Waals surface area contributed by atoms with E-state index in [1.165, 1.54) is 6.39 Å². The lowest BCUT2D eigenvalue weighted by molar-refractivity contribution is 0.0209. The number of carbonyl (C=O) groups excluding carboxylic acids is 1. The van der Waals surface area contributed by atoms with Crippen molar-refractivity contribution >= 4 is 42.6 Å². The molecule has 0 bridgehead atoms. The Kier molecular flexibility index (Phi) is 11.6. The number of anilines is 2. The minimum atomic E-state index is -0.645. The number of nitrogens with zero attached hydrogens (tertiary/aromatic N) is 6. The predicted molar refractivity (Wildman–Crippen MR) is 176 cm³/mol. The molecule has 3 aliphatic rings. The van der Waals surface area contributed by atoms with E-state index in [-0.39, 0.29) is 38.3 Å². The van der Waals surface area contributed by atoms with Gasteiger partial charge in [-0.25, -0.2) is 9.97 Å². The van der Waals surface area contributed by atoms with Crippen LogP contribution in [0.25, 0.3) is 0 Å². The predicted octanol–water partition coefficient (Wildman–Crippen LogP) is 3.14. The molecule has 12 nitrogen and oxygen atoms in total. The average molecular weight is 660 g/mol. The van der Waals surface area contributed by atoms with Crippen molar-refractivity contribution < 1.29 is 23.8 Å². The second-order valence-corrected chi connectivity index (χ2v) is 12.0. The second kappa shape index (κ2) is 15.6. The van der Waals surface area contributed by atoms with Gasteiger partial charge in [-0.3, -0.25) is 9.69 Å². The van der Waals surface area contributed by atoms with Crippen LogP contribution in [-0.4, -0.2) is 107 Å². The molecule has 0 radical (unpaired) electrons. The molecule has 14 heteroatoms. The molecule has 45 heavy (non-hydrogen) atoms. The lowest BCUT2D eigenvalue weighted by Gasteiger charge is -2.34. The van der Waals surface area contributed by atoms with Crippen molar-refractivity contribution in [3.05, 3.63) is 58.4 Å². The van der Waals surface area contributed by atoms with E-state index < -0.39 is 6.10 Å². The maximum absolute atomic E-state index is 13.3. The van der Waals surface area contributed by atoms with Crippen molar-refractivity contribution in [2.45, 2.75) is 51.5 Å². The first kappa shape index (κ1) is 33.4. The van der Waals surface area contributed by atoms with Crippen LogP contribution in [0, 0.1) is 0 Å². The van der Waals surface area contributed by atoms with Gasteiger partial charge in [-0.2, -0.15) is 18.5 Å². The van der Waals surface area contributed by atoms with Gasteiger partial charge in [0.05, 0.1) is 36.6 Å². The highest BCUT2D eigenvalue weighted by Crippen LogP contribution is 2.34. The molecule has 3 aromatic rings. The molecular weight excluding hydrogens is 618 g/mol. The lowest BCUT2D eigenvalue weighted by Crippen LogP contribution is -2.47. The van der Waals surface area contributed by atoms with E-state index in [1.807, 2.05) is 12.1 Å². The number of Topliss-reactive ketones (excluding diaryl/α,β-unsaturated/α-hetero) is 1. The molecule has 5 heterocycles. The molecule has 0 unspecified atom stereocenters. The van der Waals surface area contributed by atoms with Crippen LogP contribution in [0.3, 0.4) is 0 Å². The number of oxazole rings is 1. The van der Waals surface area contributed by atoms with Gasteiger partial charge in [0.2, 0.25) is 5.95 Å². The van der Waals surface area contributed by atoms with Crippen molar-refractivity contribution in [1.82, 2.24) is 24.8 Å². The molecule has 2 N–H and O–H groups in total. The van der Waals surface area contributed by atoms with Gasteiger partial charge in [0.1, 0.15) is 23.9 Å². The van der Waals surface area contributed by atoms with Gasteiger partial charge in [-0.15, -0.1) is 0 Å². The largest absolute Gasteiger partial charge is 0.484 e. The molecule has 0 spiro atoms. The second-order valence-electron chi connectivity index (χ2n) is 11.6. The molecule has 1 aromatic carbocycles. The van der Waals surface area contributed by atoms with Crippen molar-refractivity contribution in [2.24, 2.45) is 0 Å². The van der Waals surface area contributed by atoms with Gasteiger partial charge in [0.15, 0.2) is 17.9 Å². The summed E-state index contributed by atoms with van der Waals surface area (Å²) in [5.41, 5.74) is 2.56. The molecule has 2 saturated heterocycles. The Balaban J connectivity index is 0.00000400. The zero-order valence-electron chi connectivity index (χ0n) is 25.6. The number of β-amino-alcohol motifs (C(OH)–C–C–N with tert-alkyl or cyclic N) is 1. The zero-order valence-corrected chi connectivity index (χ0v) is 27.3. The molecule has 3 aliphatic heterocycles. The molecule has 2 fully saturated rings. The molecular formula is C31H42ClN7O5S. The van der Waals surface area contributed by atoms with Gasteiger partial charge < -0.3 is 34.1 Å². The fourth-order valence-electron chi connectivity index (χ4n) is 5.78. The number of aliphatic hydroxyl groups excluding tert-OH is 1. The zero-order chi connectivity index (χ0) is 30.5. The van der Waals surface area contributed by atoms with E-state index in [1.54, 1.807) is 12.3 Å². The molecule has 0 aliphatic carbocycles. The first-order chi connectivity index (χ1) is 21.4. The van der Waals surface area contributed by atoms with Crippen molar-refractivity contribution in [3.8, 4) is 5.75 Å². The summed E-state index contributed by atoms with van der Waals surface area (Å²) in [6, 6.07) is 5.81. The van der Waals surface area contributed by atoms with Crippen LogP contribution >= 0.6 is 25.1 Å². The summed E-state index contributed by atoms with van der Waals surface area (Å²) in [6.45, 7) is 10.1. The summed E-state index contributed by atoms with van der Waals surface area (Å²) in [6.07, 6.45) is 3.64. The Labute approximate surface area is 275 Å². The number of benzene rings is 1. The third kappa shape index (κ3) is 8.46. The van der Waals surface area contributed by atoms with Crippen molar-refractivity contribution in [1.29, 1.82) is 0 Å². The van der Waals surface area contributed by atoms with E-state index in [4.69, 9.17) is 30.5 Å². The highest BCUT2D eigenvalue weighted by atomic mass is 35.5. The number of carbonyl (C=O) groups is 1. The van der Waals surface area contributed by atoms with E-state index in [2.05, 4.69) is 36.9 Å². The number of nitrogens with one attached hydrogen (secondary N) is 1. The first-order valence-electron chi connectivity index (χ1n) is 15.4. The Morgan fingerprint density at radius 3 is 2.71 bits per heavy atom. The number of ketones is 1. The van der Waals surface area contributed by atoms with Crippen molar-refractivity contribution in [3.63, 3.8) is 0 Å². The fraction of sp³-hybridized carbons (Fsp3) is 0.548. The number of fused-ring (bicyclic) bond motifs is 1. The molecule has 6 rings (SSSR count). The Morgan fingerprint density at radius 1 is 1.18 bits per heavy atom. The van der Waals surface area contributed by atoms with Gasteiger partial charge in [-0.05, 0) is 36.6 Å². The van der Waals surface area contributed by atoms with Crippen LogP contribution in [0.4, 0.5) is 11.8 Å². The maximum atomic E-state index is 13.3. The van der Waals surface area contributed by atoms with Gasteiger partial charge in [0.25, 0.3) is 0 Å². The van der Waals surface area contributed by atoms with E-state index in [9.17, 15) is 9.90 Å². The number of rotatable bonds is 13. The van der Waals surface area contributed by atoms with Crippen LogP contribution < -0.4 is 15.0 Å². The number of likely N-dealkylation sites (N-methyl/N-ethyl adjacent to an activating group) is 1. The van der Waals surface area contributed by atoms with E-state index >= 15 is 0 Å². The summed E-state index contributed by atoms with van der Waals surface area (Å²) in [5.74, 6) is 2.36. The Hall–Kier alpha value is -2.94. The van der Waals surface area contributed by atoms with Crippen LogP contribution in [0.1, 0.15) is 47.1 Å². The van der Waals surface area contributed by atoms with Crippen LogP contribution in [-0.2, 0) is 24.3 Å². The number of hydrogen-bond acceptors (Lipinski definition) is 12. The molecule has 244 valence electrons. The van der Waals surface area contributed by atoms with E-state index in [0.717, 1.165) is 56.8 Å². The summed E-state index contributed by atoms with van der Waals surface area (Å²) < 4.78 is 16.4. The number of ether oxygens (including phenoxy) is 2. The highest BCUT2D eigenvalue weighted by molar-refractivity contribution is 7.59. The minimum absolute atomic E-state index is 0. The Bertz CT molecular complexity index is 1420. The third-order valence-electron chi connectivity index (χ3n) is 8.50. The first-order valence-corrected chi connectivity index (χ1v) is 15.8. The standard InChI is InChI=1S/C31H40ClN7O5.H2S/c1-2-37-9-11-39(12-10-37)31-35-26(13-29(36-31)34-22-17-42-18-22)27(41)5-4-23(40)16-38-8-7-25-21(15-38)3-6-28(30(25)32)43-19-24-14-33-20-44-24;/h3,6,13-14,20,22-23,40H,2,4-5,7-12,15-19H2,1H3,(H,34,35,36);1H2/t23-;/m0./s1. The maximum Gasteiger partial charge on any atom is 0.228 e. The van der Waals surface area contributed by atoms with Crippen LogP contribution in [0.5, 0.6) is 5.75 Å². The quantitative estimate of drug-likeness (QED) is 0.262. The number of piperazine rings is 1. The number of halogens is 1. The average Bonchev–Trinajstić information content (AvgIpc) is 3.55. The van der Waals surface area contributed by atoms with Gasteiger partial charge in [-0.1, -0.05) is 24.6 Å². The highest BCUT2D eigenvalue weighted by Gasteiger charge is 2.25. The number of aliphatic hydroxyl groups is 1. The van der Waals surface area contributed by atoms with E-state index in [0.29, 0.717) is 66.7 Å². The topological polar surface area (TPSA) is 129 Å². The molecule has 2 aromatic heterocycles. The summed E-state index contributed by atoms with van der Waals surface area (Å²) in [5, 5.41) is 14.9. The van der Waals surface area contributed by atoms with Gasteiger partial charge in [0, 0.05) is 58.3 Å². The molecule has 1 atom stereocenters. The minimum Gasteiger partial charge on any atom is -0.484 e.